The van der Waals surface area contributed by atoms with Crippen molar-refractivity contribution in [1.29, 1.82) is 0 Å². The highest BCUT2D eigenvalue weighted by Gasteiger charge is 2.20. The van der Waals surface area contributed by atoms with Crippen molar-refractivity contribution in [2.24, 2.45) is 5.84 Å². The summed E-state index contributed by atoms with van der Waals surface area (Å²) in [7, 11) is 0. The summed E-state index contributed by atoms with van der Waals surface area (Å²) in [6, 6.07) is 0.419. The highest BCUT2D eigenvalue weighted by molar-refractivity contribution is 7.11. The maximum atomic E-state index is 5.87. The summed E-state index contributed by atoms with van der Waals surface area (Å²) in [5.41, 5.74) is 1.27. The number of fused-ring (bicyclic) bond motifs is 1. The molecule has 0 fully saturated rings. The number of hydrogen-bond acceptors (Lipinski definition) is 4. The zero-order valence-electron chi connectivity index (χ0n) is 8.08. The van der Waals surface area contributed by atoms with Gasteiger partial charge in [0.1, 0.15) is 0 Å². The Bertz CT molecular complexity index is 308. The van der Waals surface area contributed by atoms with Gasteiger partial charge in [-0.2, -0.15) is 0 Å². The minimum absolute atomic E-state index is 0.419. The van der Waals surface area contributed by atoms with Gasteiger partial charge in [-0.05, 0) is 20.3 Å². The van der Waals surface area contributed by atoms with E-state index in [9.17, 15) is 0 Å². The second kappa shape index (κ2) is 3.36. The Hall–Kier alpha value is -0.450. The van der Waals surface area contributed by atoms with Gasteiger partial charge in [-0.15, -0.1) is 11.3 Å². The van der Waals surface area contributed by atoms with Gasteiger partial charge in [0.25, 0.3) is 0 Å². The van der Waals surface area contributed by atoms with Crippen molar-refractivity contribution in [3.05, 3.63) is 15.6 Å². The molecule has 0 saturated carbocycles. The predicted molar refractivity (Wildman–Crippen MR) is 54.6 cm³/mol. The zero-order valence-corrected chi connectivity index (χ0v) is 8.90. The van der Waals surface area contributed by atoms with Gasteiger partial charge in [-0.25, -0.2) is 9.99 Å². The molecule has 4 heteroatoms. The molecule has 1 aliphatic rings. The lowest BCUT2D eigenvalue weighted by Crippen LogP contribution is -2.40. The number of thiazole rings is 1. The number of nitrogens with two attached hydrogens (primary N) is 1. The Balaban J connectivity index is 2.28. The van der Waals surface area contributed by atoms with Crippen LogP contribution in [-0.2, 0) is 12.8 Å². The van der Waals surface area contributed by atoms with Gasteiger partial charge in [-0.3, -0.25) is 5.84 Å². The first-order chi connectivity index (χ1) is 6.16. The lowest BCUT2D eigenvalue weighted by Gasteiger charge is -2.20. The molecule has 1 atom stereocenters. The van der Waals surface area contributed by atoms with Crippen LogP contribution in [0.4, 0.5) is 0 Å². The Kier molecular flexibility index (Phi) is 2.36. The first-order valence-electron chi connectivity index (χ1n) is 4.63. The number of rotatable bonds is 0. The molecule has 2 N–H and O–H groups in total. The van der Waals surface area contributed by atoms with Gasteiger partial charge in [-0.1, -0.05) is 0 Å². The van der Waals surface area contributed by atoms with E-state index in [-0.39, 0.29) is 0 Å². The molecule has 3 nitrogen and oxygen atoms in total. The summed E-state index contributed by atoms with van der Waals surface area (Å²) in [5, 5.41) is 3.10. The fourth-order valence-electron chi connectivity index (χ4n) is 1.72. The predicted octanol–water partition coefficient (Wildman–Crippen LogP) is 1.11. The SMILES string of the molecule is Cc1nc2c(s1)CCN(N)C(C)C2. The van der Waals surface area contributed by atoms with Crippen molar-refractivity contribution in [2.75, 3.05) is 6.54 Å². The van der Waals surface area contributed by atoms with Gasteiger partial charge in [0, 0.05) is 23.9 Å². The van der Waals surface area contributed by atoms with E-state index in [1.54, 1.807) is 0 Å². The summed E-state index contributed by atoms with van der Waals surface area (Å²) in [6.45, 7) is 5.18. The van der Waals surface area contributed by atoms with Crippen LogP contribution in [0.2, 0.25) is 0 Å². The van der Waals surface area contributed by atoms with Crippen LogP contribution < -0.4 is 5.84 Å². The number of aryl methyl sites for hydroxylation is 1. The molecule has 13 heavy (non-hydrogen) atoms. The van der Waals surface area contributed by atoms with E-state index in [2.05, 4.69) is 18.8 Å². The molecule has 2 rings (SSSR count). The summed E-state index contributed by atoms with van der Waals surface area (Å²) >= 11 is 1.81. The van der Waals surface area contributed by atoms with Crippen molar-refractivity contribution < 1.29 is 0 Å². The number of nitrogens with zero attached hydrogens (tertiary/aromatic N) is 2. The molecule has 1 unspecified atom stereocenters. The number of aromatic nitrogens is 1. The molecule has 1 aromatic heterocycles. The second-order valence-corrected chi connectivity index (χ2v) is 4.93. The molecule has 0 bridgehead atoms. The molecule has 0 aromatic carbocycles. The zero-order chi connectivity index (χ0) is 9.42. The number of hydrazine groups is 1. The molecule has 0 saturated heterocycles. The van der Waals surface area contributed by atoms with Crippen LogP contribution in [0.1, 0.15) is 22.5 Å². The van der Waals surface area contributed by atoms with E-state index in [1.165, 1.54) is 15.6 Å². The van der Waals surface area contributed by atoms with Crippen molar-refractivity contribution in [2.45, 2.75) is 32.7 Å². The van der Waals surface area contributed by atoms with E-state index < -0.39 is 0 Å². The monoisotopic (exact) mass is 197 g/mol. The van der Waals surface area contributed by atoms with Gasteiger partial charge in [0.2, 0.25) is 0 Å². The third kappa shape index (κ3) is 1.75. The maximum absolute atomic E-state index is 5.87. The fraction of sp³-hybridized carbons (Fsp3) is 0.667. The molecule has 0 aliphatic carbocycles. The van der Waals surface area contributed by atoms with Crippen LogP contribution in [0.25, 0.3) is 0 Å². The van der Waals surface area contributed by atoms with E-state index in [4.69, 9.17) is 5.84 Å². The van der Waals surface area contributed by atoms with Crippen LogP contribution >= 0.6 is 11.3 Å². The first kappa shape index (κ1) is 9.12. The topological polar surface area (TPSA) is 42.2 Å². The molecular formula is C9H15N3S. The van der Waals surface area contributed by atoms with Gasteiger partial charge < -0.3 is 0 Å². The standard InChI is InChI=1S/C9H15N3S/c1-6-5-8-9(3-4-12(6)10)13-7(2)11-8/h6H,3-5,10H2,1-2H3. The number of hydrogen-bond donors (Lipinski definition) is 1. The van der Waals surface area contributed by atoms with E-state index >= 15 is 0 Å². The molecule has 72 valence electrons. The molecule has 0 amide bonds. The summed E-state index contributed by atoms with van der Waals surface area (Å²) < 4.78 is 0. The van der Waals surface area contributed by atoms with Crippen LogP contribution in [0.3, 0.4) is 0 Å². The minimum Gasteiger partial charge on any atom is -0.269 e. The van der Waals surface area contributed by atoms with E-state index in [0.717, 1.165) is 19.4 Å². The minimum atomic E-state index is 0.419. The van der Waals surface area contributed by atoms with Crippen LogP contribution in [-0.4, -0.2) is 22.6 Å². The summed E-state index contributed by atoms with van der Waals surface area (Å²) in [5.74, 6) is 5.87. The smallest absolute Gasteiger partial charge is 0.0900 e. The van der Waals surface area contributed by atoms with Crippen LogP contribution in [0, 0.1) is 6.92 Å². The lowest BCUT2D eigenvalue weighted by atomic mass is 10.2. The normalized spacial score (nSPS) is 24.1. The molecule has 1 aromatic rings. The molecule has 1 aliphatic heterocycles. The Morgan fingerprint density at radius 2 is 2.38 bits per heavy atom. The van der Waals surface area contributed by atoms with Crippen LogP contribution in [0.15, 0.2) is 0 Å². The highest BCUT2D eigenvalue weighted by atomic mass is 32.1. The van der Waals surface area contributed by atoms with Crippen molar-refractivity contribution >= 4 is 11.3 Å². The third-order valence-corrected chi connectivity index (χ3v) is 3.61. The fourth-order valence-corrected chi connectivity index (χ4v) is 2.67. The van der Waals surface area contributed by atoms with Crippen LogP contribution in [0.5, 0.6) is 0 Å². The van der Waals surface area contributed by atoms with Gasteiger partial charge in [0.05, 0.1) is 10.7 Å². The Labute approximate surface area is 82.5 Å². The maximum Gasteiger partial charge on any atom is 0.0900 e. The van der Waals surface area contributed by atoms with Gasteiger partial charge >= 0.3 is 0 Å². The van der Waals surface area contributed by atoms with E-state index in [0.29, 0.717) is 6.04 Å². The van der Waals surface area contributed by atoms with Crippen molar-refractivity contribution in [3.63, 3.8) is 0 Å². The van der Waals surface area contributed by atoms with Crippen molar-refractivity contribution in [1.82, 2.24) is 9.99 Å². The van der Waals surface area contributed by atoms with Crippen molar-refractivity contribution in [3.8, 4) is 0 Å². The first-order valence-corrected chi connectivity index (χ1v) is 5.45. The lowest BCUT2D eigenvalue weighted by molar-refractivity contribution is 0.222. The van der Waals surface area contributed by atoms with E-state index in [1.807, 2.05) is 16.3 Å². The van der Waals surface area contributed by atoms with Gasteiger partial charge in [0.15, 0.2) is 0 Å². The average molecular weight is 197 g/mol. The molecular weight excluding hydrogens is 182 g/mol. The highest BCUT2D eigenvalue weighted by Crippen LogP contribution is 2.23. The molecule has 0 radical (unpaired) electrons. The summed E-state index contributed by atoms with van der Waals surface area (Å²) in [6.07, 6.45) is 2.05. The largest absolute Gasteiger partial charge is 0.269 e. The second-order valence-electron chi connectivity index (χ2n) is 3.64. The Morgan fingerprint density at radius 1 is 1.62 bits per heavy atom. The quantitative estimate of drug-likeness (QED) is 0.634. The Morgan fingerprint density at radius 3 is 3.15 bits per heavy atom. The molecule has 0 spiro atoms. The summed E-state index contributed by atoms with van der Waals surface area (Å²) in [4.78, 5) is 5.96. The third-order valence-electron chi connectivity index (χ3n) is 2.54. The molecule has 2 heterocycles. The average Bonchev–Trinajstić information content (AvgIpc) is 2.36.